The maximum absolute atomic E-state index is 12.4. The molecule has 2 N–H and O–H groups in total. The highest BCUT2D eigenvalue weighted by Gasteiger charge is 2.14. The fourth-order valence-corrected chi connectivity index (χ4v) is 3.66. The van der Waals surface area contributed by atoms with Gasteiger partial charge in [0.15, 0.2) is 0 Å². The van der Waals surface area contributed by atoms with Crippen molar-refractivity contribution in [3.05, 3.63) is 65.7 Å². The summed E-state index contributed by atoms with van der Waals surface area (Å²) in [4.78, 5) is 12.2. The first-order chi connectivity index (χ1) is 12.9. The highest BCUT2D eigenvalue weighted by molar-refractivity contribution is 7.89. The molecule has 0 aliphatic heterocycles. The Hall–Kier alpha value is -2.18. The largest absolute Gasteiger partial charge is 0.352 e. The summed E-state index contributed by atoms with van der Waals surface area (Å²) in [5.41, 5.74) is 1.64. The molecule has 0 spiro atoms. The Morgan fingerprint density at radius 1 is 0.963 bits per heavy atom. The van der Waals surface area contributed by atoms with Crippen molar-refractivity contribution in [1.29, 1.82) is 0 Å². The lowest BCUT2D eigenvalue weighted by Crippen LogP contribution is -2.26. The van der Waals surface area contributed by atoms with Crippen LogP contribution in [0.15, 0.2) is 59.5 Å². The summed E-state index contributed by atoms with van der Waals surface area (Å²) < 4.78 is 27.3. The van der Waals surface area contributed by atoms with Gasteiger partial charge in [-0.1, -0.05) is 44.2 Å². The number of rotatable bonds is 10. The van der Waals surface area contributed by atoms with E-state index in [1.807, 2.05) is 30.3 Å². The molecule has 2 aromatic rings. The van der Waals surface area contributed by atoms with Crippen LogP contribution in [-0.4, -0.2) is 27.4 Å². The monoisotopic (exact) mass is 388 g/mol. The summed E-state index contributed by atoms with van der Waals surface area (Å²) in [6, 6.07) is 16.0. The summed E-state index contributed by atoms with van der Waals surface area (Å²) in [5, 5.41) is 2.84. The highest BCUT2D eigenvalue weighted by atomic mass is 32.2. The molecule has 0 unspecified atom stereocenters. The van der Waals surface area contributed by atoms with Gasteiger partial charge in [0.05, 0.1) is 4.90 Å². The second kappa shape index (κ2) is 10.2. The number of sulfonamides is 1. The minimum absolute atomic E-state index is 0.168. The van der Waals surface area contributed by atoms with Crippen molar-refractivity contribution < 1.29 is 13.2 Å². The molecule has 27 heavy (non-hydrogen) atoms. The molecule has 2 rings (SSSR count). The van der Waals surface area contributed by atoms with Crippen molar-refractivity contribution >= 4 is 15.9 Å². The van der Waals surface area contributed by atoms with Gasteiger partial charge in [-0.2, -0.15) is 0 Å². The van der Waals surface area contributed by atoms with E-state index in [0.29, 0.717) is 24.6 Å². The topological polar surface area (TPSA) is 75.3 Å². The molecular weight excluding hydrogens is 360 g/mol. The zero-order valence-corrected chi connectivity index (χ0v) is 16.8. The number of nitrogens with one attached hydrogen (secondary N) is 2. The van der Waals surface area contributed by atoms with Gasteiger partial charge in [0.2, 0.25) is 10.0 Å². The molecule has 6 heteroatoms. The molecule has 0 saturated carbocycles. The number of aryl methyl sites for hydroxylation is 1. The third-order valence-corrected chi connectivity index (χ3v) is 5.69. The van der Waals surface area contributed by atoms with Gasteiger partial charge in [-0.3, -0.25) is 4.79 Å². The minimum atomic E-state index is -3.57. The van der Waals surface area contributed by atoms with E-state index in [9.17, 15) is 13.2 Å². The van der Waals surface area contributed by atoms with Gasteiger partial charge in [-0.05, 0) is 55.0 Å². The number of benzene rings is 2. The summed E-state index contributed by atoms with van der Waals surface area (Å²) in [5.74, 6) is 0.334. The molecule has 0 heterocycles. The normalized spacial score (nSPS) is 11.5. The van der Waals surface area contributed by atoms with E-state index < -0.39 is 10.0 Å². The lowest BCUT2D eigenvalue weighted by molar-refractivity contribution is 0.0952. The number of carbonyl (C=O) groups excluding carboxylic acids is 1. The smallest absolute Gasteiger partial charge is 0.251 e. The number of carbonyl (C=O) groups is 1. The van der Waals surface area contributed by atoms with Gasteiger partial charge in [-0.25, -0.2) is 13.1 Å². The van der Waals surface area contributed by atoms with Crippen LogP contribution in [0.25, 0.3) is 0 Å². The van der Waals surface area contributed by atoms with E-state index >= 15 is 0 Å². The van der Waals surface area contributed by atoms with E-state index in [1.165, 1.54) is 17.7 Å². The van der Waals surface area contributed by atoms with E-state index in [2.05, 4.69) is 23.9 Å². The molecule has 0 saturated heterocycles. The quantitative estimate of drug-likeness (QED) is 0.613. The molecule has 146 valence electrons. The Labute approximate surface area is 162 Å². The summed E-state index contributed by atoms with van der Waals surface area (Å²) >= 11 is 0. The van der Waals surface area contributed by atoms with Gasteiger partial charge < -0.3 is 5.32 Å². The van der Waals surface area contributed by atoms with Crippen LogP contribution in [0.5, 0.6) is 0 Å². The van der Waals surface area contributed by atoms with Crippen molar-refractivity contribution in [2.24, 2.45) is 5.92 Å². The first-order valence-corrected chi connectivity index (χ1v) is 10.8. The van der Waals surface area contributed by atoms with Crippen molar-refractivity contribution in [1.82, 2.24) is 10.0 Å². The third kappa shape index (κ3) is 7.15. The molecule has 5 nitrogen and oxygen atoms in total. The molecule has 0 aromatic heterocycles. The maximum atomic E-state index is 12.4. The average Bonchev–Trinajstić information content (AvgIpc) is 2.66. The molecule has 2 aromatic carbocycles. The number of amides is 1. The van der Waals surface area contributed by atoms with Crippen LogP contribution in [0.4, 0.5) is 0 Å². The molecule has 0 atom stereocenters. The lowest BCUT2D eigenvalue weighted by Gasteiger charge is -2.09. The fourth-order valence-electron chi connectivity index (χ4n) is 2.59. The second-order valence-electron chi connectivity index (χ2n) is 6.95. The maximum Gasteiger partial charge on any atom is 0.251 e. The Morgan fingerprint density at radius 3 is 2.26 bits per heavy atom. The van der Waals surface area contributed by atoms with E-state index in [4.69, 9.17) is 0 Å². The SMILES string of the molecule is CC(C)CCNC(=O)c1ccc(S(=O)(=O)NCCCc2ccccc2)cc1. The van der Waals surface area contributed by atoms with Crippen molar-refractivity contribution in [2.75, 3.05) is 13.1 Å². The highest BCUT2D eigenvalue weighted by Crippen LogP contribution is 2.11. The van der Waals surface area contributed by atoms with Gasteiger partial charge in [-0.15, -0.1) is 0 Å². The third-order valence-electron chi connectivity index (χ3n) is 4.21. The van der Waals surface area contributed by atoms with Crippen LogP contribution in [0.2, 0.25) is 0 Å². The Balaban J connectivity index is 1.84. The molecule has 0 fully saturated rings. The van der Waals surface area contributed by atoms with E-state index in [-0.39, 0.29) is 10.8 Å². The zero-order chi connectivity index (χ0) is 19.7. The van der Waals surface area contributed by atoms with Gasteiger partial charge in [0, 0.05) is 18.7 Å². The number of hydrogen-bond acceptors (Lipinski definition) is 3. The van der Waals surface area contributed by atoms with Crippen LogP contribution >= 0.6 is 0 Å². The van der Waals surface area contributed by atoms with Crippen LogP contribution < -0.4 is 10.0 Å². The minimum Gasteiger partial charge on any atom is -0.352 e. The van der Waals surface area contributed by atoms with Crippen LogP contribution in [-0.2, 0) is 16.4 Å². The first-order valence-electron chi connectivity index (χ1n) is 9.30. The predicted octanol–water partition coefficient (Wildman–Crippen LogP) is 3.37. The zero-order valence-electron chi connectivity index (χ0n) is 15.9. The van der Waals surface area contributed by atoms with Crippen molar-refractivity contribution in [2.45, 2.75) is 38.0 Å². The predicted molar refractivity (Wildman–Crippen MR) is 108 cm³/mol. The van der Waals surface area contributed by atoms with E-state index in [0.717, 1.165) is 19.3 Å². The molecule has 1 amide bonds. The second-order valence-corrected chi connectivity index (χ2v) is 8.72. The Kier molecular flexibility index (Phi) is 8.00. The summed E-state index contributed by atoms with van der Waals surface area (Å²) in [6.45, 7) is 5.17. The van der Waals surface area contributed by atoms with E-state index in [1.54, 1.807) is 12.1 Å². The van der Waals surface area contributed by atoms with Crippen molar-refractivity contribution in [3.63, 3.8) is 0 Å². The Morgan fingerprint density at radius 2 is 1.63 bits per heavy atom. The number of hydrogen-bond donors (Lipinski definition) is 2. The average molecular weight is 389 g/mol. The molecule has 0 aliphatic rings. The molecule has 0 aliphatic carbocycles. The molecule has 0 radical (unpaired) electrons. The van der Waals surface area contributed by atoms with Gasteiger partial charge >= 0.3 is 0 Å². The van der Waals surface area contributed by atoms with Crippen LogP contribution in [0.3, 0.4) is 0 Å². The Bertz CT molecular complexity index is 816. The van der Waals surface area contributed by atoms with Gasteiger partial charge in [0.1, 0.15) is 0 Å². The van der Waals surface area contributed by atoms with Gasteiger partial charge in [0.25, 0.3) is 5.91 Å². The fraction of sp³-hybridized carbons (Fsp3) is 0.381. The lowest BCUT2D eigenvalue weighted by atomic mass is 10.1. The van der Waals surface area contributed by atoms with Crippen LogP contribution in [0.1, 0.15) is 42.6 Å². The first kappa shape index (κ1) is 21.1. The standard InChI is InChI=1S/C21H28N2O3S/c1-17(2)14-16-22-21(24)19-10-12-20(13-11-19)27(25,26)23-15-6-9-18-7-4-3-5-8-18/h3-5,7-8,10-13,17,23H,6,9,14-16H2,1-2H3,(H,22,24). The summed E-state index contributed by atoms with van der Waals surface area (Å²) in [7, 11) is -3.57. The molecule has 0 bridgehead atoms. The molecular formula is C21H28N2O3S. The van der Waals surface area contributed by atoms with Crippen LogP contribution in [0, 0.1) is 5.92 Å². The summed E-state index contributed by atoms with van der Waals surface area (Å²) in [6.07, 6.45) is 2.45. The van der Waals surface area contributed by atoms with Crippen molar-refractivity contribution in [3.8, 4) is 0 Å².